The van der Waals surface area contributed by atoms with E-state index in [1.807, 2.05) is 20.8 Å². The van der Waals surface area contributed by atoms with Crippen molar-refractivity contribution < 1.29 is 14.6 Å². The molecule has 0 saturated heterocycles. The zero-order chi connectivity index (χ0) is 17.9. The zero-order valence-electron chi connectivity index (χ0n) is 13.9. The summed E-state index contributed by atoms with van der Waals surface area (Å²) in [4.78, 5) is 12.4. The van der Waals surface area contributed by atoms with Gasteiger partial charge in [0.15, 0.2) is 11.5 Å². The van der Waals surface area contributed by atoms with E-state index in [9.17, 15) is 9.90 Å². The fourth-order valence-electron chi connectivity index (χ4n) is 1.96. The van der Waals surface area contributed by atoms with Crippen molar-refractivity contribution in [2.45, 2.75) is 32.9 Å². The number of hydrogen-bond acceptors (Lipinski definition) is 6. The summed E-state index contributed by atoms with van der Waals surface area (Å²) < 4.78 is 7.16. The van der Waals surface area contributed by atoms with E-state index in [-0.39, 0.29) is 23.4 Å². The van der Waals surface area contributed by atoms with Crippen LogP contribution in [0.3, 0.4) is 0 Å². The van der Waals surface area contributed by atoms with Gasteiger partial charge in [0.1, 0.15) is 5.60 Å². The van der Waals surface area contributed by atoms with Crippen LogP contribution >= 0.6 is 0 Å². The van der Waals surface area contributed by atoms with Crippen LogP contribution in [0.4, 0.5) is 11.9 Å². The lowest BCUT2D eigenvalue weighted by molar-refractivity contribution is 0.102. The van der Waals surface area contributed by atoms with E-state index in [1.165, 1.54) is 22.8 Å². The highest BCUT2D eigenvalue weighted by Gasteiger charge is 2.18. The van der Waals surface area contributed by atoms with Crippen LogP contribution in [-0.2, 0) is 6.54 Å². The first kappa shape index (κ1) is 17.3. The molecule has 1 heterocycles. The maximum absolute atomic E-state index is 12.4. The van der Waals surface area contributed by atoms with Crippen molar-refractivity contribution in [1.29, 1.82) is 0 Å². The number of nitrogens with two attached hydrogens (primary N) is 1. The average molecular weight is 331 g/mol. The number of carbonyl (C=O) groups excluding carboxylic acids is 1. The molecule has 128 valence electrons. The molecular formula is C16H21N5O3. The number of phenols is 1. The van der Waals surface area contributed by atoms with E-state index < -0.39 is 11.5 Å². The molecule has 4 N–H and O–H groups in total. The number of nitrogens with one attached hydrogen (secondary N) is 1. The highest BCUT2D eigenvalue weighted by molar-refractivity contribution is 6.03. The first-order valence-corrected chi connectivity index (χ1v) is 7.34. The van der Waals surface area contributed by atoms with Gasteiger partial charge < -0.3 is 15.6 Å². The second-order valence-electron chi connectivity index (χ2n) is 6.13. The van der Waals surface area contributed by atoms with Gasteiger partial charge in [-0.25, -0.2) is 0 Å². The summed E-state index contributed by atoms with van der Waals surface area (Å²) in [5.74, 6) is 0.144. The Morgan fingerprint density at radius 3 is 2.79 bits per heavy atom. The Bertz CT molecular complexity index is 762. The third-order valence-electron chi connectivity index (χ3n) is 2.95. The van der Waals surface area contributed by atoms with Gasteiger partial charge in [-0.3, -0.25) is 14.7 Å². The molecule has 0 radical (unpaired) electrons. The van der Waals surface area contributed by atoms with Gasteiger partial charge in [0.2, 0.25) is 11.9 Å². The van der Waals surface area contributed by atoms with Crippen LogP contribution in [0.2, 0.25) is 0 Å². The third-order valence-corrected chi connectivity index (χ3v) is 2.95. The Morgan fingerprint density at radius 2 is 2.17 bits per heavy atom. The molecule has 0 saturated carbocycles. The Morgan fingerprint density at radius 1 is 1.46 bits per heavy atom. The van der Waals surface area contributed by atoms with E-state index in [4.69, 9.17) is 10.5 Å². The molecule has 8 heteroatoms. The topological polar surface area (TPSA) is 115 Å². The molecule has 2 aromatic rings. The maximum Gasteiger partial charge on any atom is 0.258 e. The number of nitrogens with zero attached hydrogens (tertiary/aromatic N) is 3. The van der Waals surface area contributed by atoms with Gasteiger partial charge in [-0.1, -0.05) is 6.08 Å². The molecule has 0 bridgehead atoms. The van der Waals surface area contributed by atoms with Gasteiger partial charge in [-0.15, -0.1) is 16.8 Å². The third kappa shape index (κ3) is 4.03. The maximum atomic E-state index is 12.4. The largest absolute Gasteiger partial charge is 0.504 e. The quantitative estimate of drug-likeness (QED) is 0.723. The molecule has 1 amide bonds. The van der Waals surface area contributed by atoms with Crippen LogP contribution < -0.4 is 15.8 Å². The van der Waals surface area contributed by atoms with Gasteiger partial charge >= 0.3 is 0 Å². The Labute approximate surface area is 140 Å². The minimum absolute atomic E-state index is 0.0412. The normalized spacial score (nSPS) is 11.1. The van der Waals surface area contributed by atoms with Gasteiger partial charge in [0.25, 0.3) is 5.91 Å². The van der Waals surface area contributed by atoms with Crippen molar-refractivity contribution in [3.05, 3.63) is 36.4 Å². The van der Waals surface area contributed by atoms with Crippen LogP contribution in [0.1, 0.15) is 31.1 Å². The lowest BCUT2D eigenvalue weighted by Crippen LogP contribution is -2.23. The van der Waals surface area contributed by atoms with E-state index in [0.29, 0.717) is 12.1 Å². The van der Waals surface area contributed by atoms with E-state index in [0.717, 1.165) is 0 Å². The molecule has 0 atom stereocenters. The summed E-state index contributed by atoms with van der Waals surface area (Å²) in [6, 6.07) is 4.35. The predicted molar refractivity (Wildman–Crippen MR) is 91.1 cm³/mol. The number of phenolic OH excluding ortho intramolecular Hbond substituents is 1. The SMILES string of the molecule is C=CCn1c(N)nnc1NC(=O)c1ccc(O)c(OC(C)(C)C)c1. The van der Waals surface area contributed by atoms with Crippen LogP contribution in [-0.4, -0.2) is 31.4 Å². The van der Waals surface area contributed by atoms with Crippen LogP contribution in [0, 0.1) is 0 Å². The number of anilines is 2. The standard InChI is InChI=1S/C16H21N5O3/c1-5-8-21-14(17)19-20-15(21)18-13(23)10-6-7-11(22)12(9-10)24-16(2,3)4/h5-7,9,22H,1,8H2,2-4H3,(H2,17,19)(H,18,20,23). The number of allylic oxidation sites excluding steroid dienone is 1. The fraction of sp³-hybridized carbons (Fsp3) is 0.312. The lowest BCUT2D eigenvalue weighted by Gasteiger charge is -2.22. The molecule has 1 aromatic heterocycles. The van der Waals surface area contributed by atoms with Crippen molar-refractivity contribution in [3.8, 4) is 11.5 Å². The van der Waals surface area contributed by atoms with Gasteiger partial charge in [-0.05, 0) is 39.0 Å². The first-order valence-electron chi connectivity index (χ1n) is 7.34. The van der Waals surface area contributed by atoms with E-state index >= 15 is 0 Å². The molecule has 0 unspecified atom stereocenters. The van der Waals surface area contributed by atoms with Gasteiger partial charge in [0, 0.05) is 12.1 Å². The highest BCUT2D eigenvalue weighted by Crippen LogP contribution is 2.30. The monoisotopic (exact) mass is 331 g/mol. The second-order valence-corrected chi connectivity index (χ2v) is 6.13. The number of aromatic nitrogens is 3. The Balaban J connectivity index is 2.24. The number of hydrogen-bond donors (Lipinski definition) is 3. The summed E-state index contributed by atoms with van der Waals surface area (Å²) in [5, 5.41) is 20.1. The van der Waals surface area contributed by atoms with Crippen molar-refractivity contribution in [3.63, 3.8) is 0 Å². The summed E-state index contributed by atoms with van der Waals surface area (Å²) in [5.41, 5.74) is 5.49. The van der Waals surface area contributed by atoms with Crippen molar-refractivity contribution >= 4 is 17.8 Å². The molecule has 0 aliphatic rings. The number of carbonyl (C=O) groups is 1. The highest BCUT2D eigenvalue weighted by atomic mass is 16.5. The average Bonchev–Trinajstić information content (AvgIpc) is 2.81. The van der Waals surface area contributed by atoms with E-state index in [1.54, 1.807) is 6.08 Å². The number of aromatic hydroxyl groups is 1. The van der Waals surface area contributed by atoms with Crippen LogP contribution in [0.15, 0.2) is 30.9 Å². The van der Waals surface area contributed by atoms with Crippen molar-refractivity contribution in [1.82, 2.24) is 14.8 Å². The summed E-state index contributed by atoms with van der Waals surface area (Å²) in [6.07, 6.45) is 1.62. The van der Waals surface area contributed by atoms with Gasteiger partial charge in [-0.2, -0.15) is 0 Å². The number of ether oxygens (including phenoxy) is 1. The minimum Gasteiger partial charge on any atom is -0.504 e. The molecule has 1 aromatic carbocycles. The van der Waals surface area contributed by atoms with E-state index in [2.05, 4.69) is 22.1 Å². The second kappa shape index (κ2) is 6.61. The number of rotatable bonds is 5. The summed E-state index contributed by atoms with van der Waals surface area (Å²) >= 11 is 0. The molecule has 24 heavy (non-hydrogen) atoms. The predicted octanol–water partition coefficient (Wildman–Crippen LogP) is 2.18. The molecular weight excluding hydrogens is 310 g/mol. The smallest absolute Gasteiger partial charge is 0.258 e. The molecule has 0 aliphatic carbocycles. The number of amides is 1. The van der Waals surface area contributed by atoms with Crippen LogP contribution in [0.25, 0.3) is 0 Å². The molecule has 2 rings (SSSR count). The van der Waals surface area contributed by atoms with Crippen molar-refractivity contribution in [2.24, 2.45) is 0 Å². The van der Waals surface area contributed by atoms with Crippen LogP contribution in [0.5, 0.6) is 11.5 Å². The Hall–Kier alpha value is -3.03. The van der Waals surface area contributed by atoms with Crippen molar-refractivity contribution in [2.75, 3.05) is 11.1 Å². The number of nitrogen functional groups attached to an aromatic ring is 1. The molecule has 8 nitrogen and oxygen atoms in total. The summed E-state index contributed by atoms with van der Waals surface area (Å²) in [6.45, 7) is 9.53. The number of benzene rings is 1. The molecule has 0 aliphatic heterocycles. The molecule has 0 fully saturated rings. The Kier molecular flexibility index (Phi) is 4.77. The summed E-state index contributed by atoms with van der Waals surface area (Å²) in [7, 11) is 0. The lowest BCUT2D eigenvalue weighted by atomic mass is 10.1. The zero-order valence-corrected chi connectivity index (χ0v) is 13.9. The molecule has 0 spiro atoms. The fourth-order valence-corrected chi connectivity index (χ4v) is 1.96. The first-order chi connectivity index (χ1) is 11.2. The minimum atomic E-state index is -0.509. The van der Waals surface area contributed by atoms with Gasteiger partial charge in [0.05, 0.1) is 0 Å².